The molecule has 3 rings (SSSR count). The highest BCUT2D eigenvalue weighted by atomic mass is 19.1. The van der Waals surface area contributed by atoms with Gasteiger partial charge < -0.3 is 0 Å². The fraction of sp³-hybridized carbons (Fsp3) is 1.00. The molecule has 0 amide bonds. The van der Waals surface area contributed by atoms with Gasteiger partial charge in [-0.1, -0.05) is 64.2 Å². The van der Waals surface area contributed by atoms with Crippen molar-refractivity contribution in [3.05, 3.63) is 0 Å². The van der Waals surface area contributed by atoms with Crippen LogP contribution in [0, 0.1) is 35.5 Å². The molecule has 2 heteroatoms. The van der Waals surface area contributed by atoms with E-state index < -0.39 is 0 Å². The first kappa shape index (κ1) is 24.5. The summed E-state index contributed by atoms with van der Waals surface area (Å²) >= 11 is 0. The molecule has 0 heterocycles. The Morgan fingerprint density at radius 2 is 0.667 bits per heavy atom. The smallest absolute Gasteiger partial charge is 0.0894 e. The van der Waals surface area contributed by atoms with Crippen LogP contribution in [0.4, 0.5) is 8.78 Å². The largest absolute Gasteiger partial charge is 0.251 e. The first-order valence-electron chi connectivity index (χ1n) is 13.9. The van der Waals surface area contributed by atoms with Gasteiger partial charge in [-0.2, -0.15) is 0 Å². The van der Waals surface area contributed by atoms with E-state index in [0.29, 0.717) is 0 Å². The molecule has 30 heavy (non-hydrogen) atoms. The van der Waals surface area contributed by atoms with E-state index in [4.69, 9.17) is 0 Å². The Hall–Kier alpha value is -0.140. The summed E-state index contributed by atoms with van der Waals surface area (Å²) in [4.78, 5) is 0. The molecule has 0 saturated heterocycles. The van der Waals surface area contributed by atoms with Crippen molar-refractivity contribution in [3.63, 3.8) is 0 Å². The fourth-order valence-electron chi connectivity index (χ4n) is 7.39. The van der Waals surface area contributed by atoms with Crippen molar-refractivity contribution >= 4 is 0 Å². The van der Waals surface area contributed by atoms with Gasteiger partial charge in [0.15, 0.2) is 0 Å². The van der Waals surface area contributed by atoms with Crippen molar-refractivity contribution in [2.75, 3.05) is 13.3 Å². The van der Waals surface area contributed by atoms with Gasteiger partial charge >= 0.3 is 0 Å². The average molecular weight is 425 g/mol. The molecule has 0 bridgehead atoms. The van der Waals surface area contributed by atoms with Gasteiger partial charge in [0, 0.05) is 0 Å². The number of hydrogen-bond acceptors (Lipinski definition) is 0. The van der Waals surface area contributed by atoms with Crippen LogP contribution >= 0.6 is 0 Å². The highest BCUT2D eigenvalue weighted by Crippen LogP contribution is 2.46. The summed E-state index contributed by atoms with van der Waals surface area (Å²) in [5.41, 5.74) is 0. The van der Waals surface area contributed by atoms with Crippen LogP contribution in [0.5, 0.6) is 0 Å². The fourth-order valence-corrected chi connectivity index (χ4v) is 7.39. The lowest BCUT2D eigenvalue weighted by Gasteiger charge is -2.41. The maximum Gasteiger partial charge on any atom is 0.0894 e. The van der Waals surface area contributed by atoms with E-state index in [1.165, 1.54) is 103 Å². The maximum absolute atomic E-state index is 12.3. The van der Waals surface area contributed by atoms with Crippen molar-refractivity contribution in [1.82, 2.24) is 0 Å². The molecule has 3 fully saturated rings. The minimum atomic E-state index is -0.129. The number of hydrogen-bond donors (Lipinski definition) is 0. The second kappa shape index (κ2) is 14.1. The predicted molar refractivity (Wildman–Crippen MR) is 125 cm³/mol. The van der Waals surface area contributed by atoms with E-state index in [1.54, 1.807) is 0 Å². The second-order valence-electron chi connectivity index (χ2n) is 11.3. The van der Waals surface area contributed by atoms with Crippen LogP contribution in [0.2, 0.25) is 0 Å². The Morgan fingerprint density at radius 3 is 1.07 bits per heavy atom. The molecule has 0 nitrogen and oxygen atoms in total. The van der Waals surface area contributed by atoms with E-state index in [2.05, 4.69) is 0 Å². The van der Waals surface area contributed by atoms with E-state index in [0.717, 1.165) is 61.2 Å². The highest BCUT2D eigenvalue weighted by molar-refractivity contribution is 4.86. The third-order valence-corrected chi connectivity index (χ3v) is 9.42. The summed E-state index contributed by atoms with van der Waals surface area (Å²) in [6.07, 6.45) is 26.8. The lowest BCUT2D eigenvalue weighted by atomic mass is 9.64. The standard InChI is InChI=1S/C28H50F2/c29-21-5-2-1-3-7-23-9-13-25(14-10-23)27-17-19-28(20-18-27)26-15-11-24(12-16-26)8-4-6-22-30/h23-28H,1-22H2. The number of rotatable bonds is 12. The molecule has 3 aliphatic carbocycles. The minimum Gasteiger partial charge on any atom is -0.251 e. The number of alkyl halides is 2. The molecule has 0 aromatic rings. The van der Waals surface area contributed by atoms with Crippen LogP contribution in [-0.4, -0.2) is 13.3 Å². The van der Waals surface area contributed by atoms with E-state index >= 15 is 0 Å². The summed E-state index contributed by atoms with van der Waals surface area (Å²) in [5.74, 6) is 5.97. The monoisotopic (exact) mass is 424 g/mol. The van der Waals surface area contributed by atoms with Gasteiger partial charge in [-0.25, -0.2) is 0 Å². The third-order valence-electron chi connectivity index (χ3n) is 9.42. The van der Waals surface area contributed by atoms with Crippen LogP contribution in [-0.2, 0) is 0 Å². The molecule has 0 radical (unpaired) electrons. The highest BCUT2D eigenvalue weighted by Gasteiger charge is 2.34. The van der Waals surface area contributed by atoms with Gasteiger partial charge in [-0.15, -0.1) is 0 Å². The summed E-state index contributed by atoms with van der Waals surface area (Å²) in [5, 5.41) is 0. The maximum atomic E-state index is 12.3. The van der Waals surface area contributed by atoms with E-state index in [9.17, 15) is 8.78 Å². The molecule has 0 aliphatic heterocycles. The molecule has 0 spiro atoms. The lowest BCUT2D eigenvalue weighted by Crippen LogP contribution is -2.29. The normalized spacial score (nSPS) is 35.4. The zero-order chi connectivity index (χ0) is 21.0. The summed E-state index contributed by atoms with van der Waals surface area (Å²) in [6.45, 7) is -0.252. The number of unbranched alkanes of at least 4 members (excludes halogenated alkanes) is 4. The zero-order valence-electron chi connectivity index (χ0n) is 19.8. The molecular formula is C28H50F2. The zero-order valence-corrected chi connectivity index (χ0v) is 19.8. The topological polar surface area (TPSA) is 0 Å². The Kier molecular flexibility index (Phi) is 11.5. The SMILES string of the molecule is FCCCCCCC1CCC(C2CCC(C3CCC(CCCCF)CC3)CC2)CC1. The van der Waals surface area contributed by atoms with Crippen molar-refractivity contribution in [2.45, 2.75) is 128 Å². The first-order chi connectivity index (χ1) is 14.8. The van der Waals surface area contributed by atoms with Crippen LogP contribution in [0.1, 0.15) is 128 Å². The molecule has 3 saturated carbocycles. The van der Waals surface area contributed by atoms with Crippen molar-refractivity contribution in [2.24, 2.45) is 35.5 Å². The van der Waals surface area contributed by atoms with Gasteiger partial charge in [0.1, 0.15) is 0 Å². The van der Waals surface area contributed by atoms with Crippen LogP contribution in [0.15, 0.2) is 0 Å². The average Bonchev–Trinajstić information content (AvgIpc) is 2.80. The minimum absolute atomic E-state index is 0.123. The summed E-state index contributed by atoms with van der Waals surface area (Å²) in [7, 11) is 0. The predicted octanol–water partition coefficient (Wildman–Crippen LogP) is 9.47. The molecule has 3 aliphatic rings. The molecule has 0 atom stereocenters. The Morgan fingerprint density at radius 1 is 0.367 bits per heavy atom. The van der Waals surface area contributed by atoms with Gasteiger partial charge in [0.2, 0.25) is 0 Å². The van der Waals surface area contributed by atoms with Gasteiger partial charge in [0.05, 0.1) is 13.3 Å². The van der Waals surface area contributed by atoms with Crippen molar-refractivity contribution in [1.29, 1.82) is 0 Å². The molecule has 0 aromatic heterocycles. The van der Waals surface area contributed by atoms with Gasteiger partial charge in [-0.05, 0) is 99.7 Å². The van der Waals surface area contributed by atoms with Crippen molar-refractivity contribution < 1.29 is 8.78 Å². The molecular weight excluding hydrogens is 374 g/mol. The Bertz CT molecular complexity index is 412. The summed E-state index contributed by atoms with van der Waals surface area (Å²) < 4.78 is 24.5. The van der Waals surface area contributed by atoms with E-state index in [-0.39, 0.29) is 13.3 Å². The van der Waals surface area contributed by atoms with E-state index in [1.807, 2.05) is 0 Å². The lowest BCUT2D eigenvalue weighted by molar-refractivity contribution is 0.102. The first-order valence-corrected chi connectivity index (χ1v) is 13.9. The second-order valence-corrected chi connectivity index (χ2v) is 11.3. The quantitative estimate of drug-likeness (QED) is 0.274. The third kappa shape index (κ3) is 8.09. The molecule has 176 valence electrons. The number of halogens is 2. The Labute approximate surface area is 186 Å². The molecule has 0 unspecified atom stereocenters. The van der Waals surface area contributed by atoms with Crippen LogP contribution in [0.25, 0.3) is 0 Å². The Balaban J connectivity index is 1.26. The van der Waals surface area contributed by atoms with Gasteiger partial charge in [-0.3, -0.25) is 8.78 Å². The van der Waals surface area contributed by atoms with Crippen LogP contribution < -0.4 is 0 Å². The van der Waals surface area contributed by atoms with Gasteiger partial charge in [0.25, 0.3) is 0 Å². The van der Waals surface area contributed by atoms with Crippen molar-refractivity contribution in [3.8, 4) is 0 Å². The van der Waals surface area contributed by atoms with Crippen LogP contribution in [0.3, 0.4) is 0 Å². The summed E-state index contributed by atoms with van der Waals surface area (Å²) in [6, 6.07) is 0. The molecule has 0 N–H and O–H groups in total. The molecule has 0 aromatic carbocycles.